The Hall–Kier alpha value is -2.54. The summed E-state index contributed by atoms with van der Waals surface area (Å²) in [6.07, 6.45) is 2.16. The summed E-state index contributed by atoms with van der Waals surface area (Å²) in [6.45, 7) is 0.0581. The Labute approximate surface area is 122 Å². The van der Waals surface area contributed by atoms with Gasteiger partial charge in [0, 0.05) is 14.1 Å². The molecule has 0 aromatic carbocycles. The van der Waals surface area contributed by atoms with Crippen LogP contribution in [0.25, 0.3) is 0 Å². The SMILES string of the molecule is CN(C)c1ccc(NC(=O)NCC(O)c2ccco2)cn1. The van der Waals surface area contributed by atoms with Crippen LogP contribution >= 0.6 is 0 Å². The second-order valence-electron chi connectivity index (χ2n) is 4.67. The van der Waals surface area contributed by atoms with E-state index in [2.05, 4.69) is 15.6 Å². The minimum Gasteiger partial charge on any atom is -0.467 e. The molecule has 1 unspecified atom stereocenters. The van der Waals surface area contributed by atoms with Crippen LogP contribution in [0.15, 0.2) is 41.1 Å². The van der Waals surface area contributed by atoms with Gasteiger partial charge in [-0.15, -0.1) is 0 Å². The van der Waals surface area contributed by atoms with Crippen LogP contribution < -0.4 is 15.5 Å². The summed E-state index contributed by atoms with van der Waals surface area (Å²) < 4.78 is 5.05. The fourth-order valence-electron chi connectivity index (χ4n) is 1.67. The molecule has 0 bridgehead atoms. The lowest BCUT2D eigenvalue weighted by molar-refractivity contribution is 0.149. The number of hydrogen-bond donors (Lipinski definition) is 3. The van der Waals surface area contributed by atoms with Gasteiger partial charge in [-0.25, -0.2) is 9.78 Å². The van der Waals surface area contributed by atoms with Crippen LogP contribution in [0.4, 0.5) is 16.3 Å². The number of aliphatic hydroxyl groups is 1. The third-order valence-corrected chi connectivity index (χ3v) is 2.79. The van der Waals surface area contributed by atoms with Crippen molar-refractivity contribution in [3.8, 4) is 0 Å². The molecule has 2 amide bonds. The number of pyridine rings is 1. The summed E-state index contributed by atoms with van der Waals surface area (Å²) in [7, 11) is 3.77. The lowest BCUT2D eigenvalue weighted by atomic mass is 10.3. The summed E-state index contributed by atoms with van der Waals surface area (Å²) in [6, 6.07) is 6.46. The molecule has 0 radical (unpaired) electrons. The molecular formula is C14H18N4O3. The monoisotopic (exact) mass is 290 g/mol. The molecule has 112 valence electrons. The fraction of sp³-hybridized carbons (Fsp3) is 0.286. The highest BCUT2D eigenvalue weighted by Crippen LogP contribution is 2.13. The number of anilines is 2. The first-order valence-corrected chi connectivity index (χ1v) is 6.46. The second-order valence-corrected chi connectivity index (χ2v) is 4.67. The Balaban J connectivity index is 1.81. The third kappa shape index (κ3) is 4.22. The lowest BCUT2D eigenvalue weighted by Gasteiger charge is -2.13. The van der Waals surface area contributed by atoms with Gasteiger partial charge in [0.2, 0.25) is 0 Å². The molecule has 0 aliphatic heterocycles. The number of urea groups is 1. The van der Waals surface area contributed by atoms with Crippen LogP contribution in [0.2, 0.25) is 0 Å². The largest absolute Gasteiger partial charge is 0.467 e. The number of furan rings is 1. The lowest BCUT2D eigenvalue weighted by Crippen LogP contribution is -2.32. The van der Waals surface area contributed by atoms with Gasteiger partial charge in [-0.05, 0) is 24.3 Å². The van der Waals surface area contributed by atoms with Crippen molar-refractivity contribution in [1.82, 2.24) is 10.3 Å². The summed E-state index contributed by atoms with van der Waals surface area (Å²) in [5, 5.41) is 15.0. The van der Waals surface area contributed by atoms with Gasteiger partial charge in [0.1, 0.15) is 17.7 Å². The van der Waals surface area contributed by atoms with Gasteiger partial charge in [-0.2, -0.15) is 0 Å². The van der Waals surface area contributed by atoms with Gasteiger partial charge >= 0.3 is 6.03 Å². The average molecular weight is 290 g/mol. The van der Waals surface area contributed by atoms with Crippen molar-refractivity contribution in [3.63, 3.8) is 0 Å². The number of aliphatic hydroxyl groups excluding tert-OH is 1. The van der Waals surface area contributed by atoms with Crippen LogP contribution in [0.1, 0.15) is 11.9 Å². The van der Waals surface area contributed by atoms with Crippen molar-refractivity contribution in [3.05, 3.63) is 42.5 Å². The second kappa shape index (κ2) is 6.76. The Bertz CT molecular complexity index is 566. The predicted molar refractivity (Wildman–Crippen MR) is 79.3 cm³/mol. The molecule has 2 aromatic rings. The first-order valence-electron chi connectivity index (χ1n) is 6.46. The molecule has 21 heavy (non-hydrogen) atoms. The van der Waals surface area contributed by atoms with Crippen LogP contribution in [-0.4, -0.2) is 36.8 Å². The average Bonchev–Trinajstić information content (AvgIpc) is 2.99. The third-order valence-electron chi connectivity index (χ3n) is 2.79. The molecule has 3 N–H and O–H groups in total. The molecule has 0 aliphatic rings. The van der Waals surface area contributed by atoms with Crippen molar-refractivity contribution in [2.75, 3.05) is 30.9 Å². The number of carbonyl (C=O) groups is 1. The zero-order valence-corrected chi connectivity index (χ0v) is 11.9. The van der Waals surface area contributed by atoms with Gasteiger partial charge in [0.25, 0.3) is 0 Å². The van der Waals surface area contributed by atoms with E-state index in [1.807, 2.05) is 19.0 Å². The Morgan fingerprint density at radius 1 is 1.43 bits per heavy atom. The molecule has 1 atom stereocenters. The van der Waals surface area contributed by atoms with Gasteiger partial charge in [0.15, 0.2) is 0 Å². The van der Waals surface area contributed by atoms with Gasteiger partial charge in [-0.3, -0.25) is 0 Å². The molecule has 0 saturated carbocycles. The molecule has 7 heteroatoms. The van der Waals surface area contributed by atoms with E-state index >= 15 is 0 Å². The minimum atomic E-state index is -0.875. The van der Waals surface area contributed by atoms with E-state index < -0.39 is 12.1 Å². The van der Waals surface area contributed by atoms with Crippen LogP contribution in [0.3, 0.4) is 0 Å². The molecule has 0 spiro atoms. The standard InChI is InChI=1S/C14H18N4O3/c1-18(2)13-6-5-10(8-15-13)17-14(20)16-9-11(19)12-4-3-7-21-12/h3-8,11,19H,9H2,1-2H3,(H2,16,17,20). The molecule has 0 saturated heterocycles. The number of carbonyl (C=O) groups excluding carboxylic acids is 1. The maximum atomic E-state index is 11.7. The summed E-state index contributed by atoms with van der Waals surface area (Å²) >= 11 is 0. The summed E-state index contributed by atoms with van der Waals surface area (Å²) in [4.78, 5) is 17.8. The highest BCUT2D eigenvalue weighted by molar-refractivity contribution is 5.89. The minimum absolute atomic E-state index is 0.0581. The topological polar surface area (TPSA) is 90.6 Å². The van der Waals surface area contributed by atoms with Crippen molar-refractivity contribution >= 4 is 17.5 Å². The normalized spacial score (nSPS) is 11.8. The number of hydrogen-bond acceptors (Lipinski definition) is 5. The van der Waals surface area contributed by atoms with Gasteiger partial charge in [0.05, 0.1) is 24.7 Å². The van der Waals surface area contributed by atoms with Crippen LogP contribution in [0, 0.1) is 0 Å². The zero-order chi connectivity index (χ0) is 15.2. The zero-order valence-electron chi connectivity index (χ0n) is 11.9. The van der Waals surface area contributed by atoms with Gasteiger partial charge < -0.3 is 25.1 Å². The van der Waals surface area contributed by atoms with Crippen LogP contribution in [0.5, 0.6) is 0 Å². The maximum Gasteiger partial charge on any atom is 0.319 e. The number of nitrogens with one attached hydrogen (secondary N) is 2. The molecule has 2 rings (SSSR count). The van der Waals surface area contributed by atoms with Crippen molar-refractivity contribution in [2.24, 2.45) is 0 Å². The van der Waals surface area contributed by atoms with E-state index in [1.54, 1.807) is 30.5 Å². The smallest absolute Gasteiger partial charge is 0.319 e. The van der Waals surface area contributed by atoms with E-state index in [-0.39, 0.29) is 6.54 Å². The fourth-order valence-corrected chi connectivity index (χ4v) is 1.67. The number of aromatic nitrogens is 1. The molecule has 0 aliphatic carbocycles. The maximum absolute atomic E-state index is 11.7. The summed E-state index contributed by atoms with van der Waals surface area (Å²) in [5.41, 5.74) is 0.575. The van der Waals surface area contributed by atoms with Crippen molar-refractivity contribution in [1.29, 1.82) is 0 Å². The summed E-state index contributed by atoms with van der Waals surface area (Å²) in [5.74, 6) is 1.21. The highest BCUT2D eigenvalue weighted by atomic mass is 16.4. The Morgan fingerprint density at radius 3 is 2.81 bits per heavy atom. The van der Waals surface area contributed by atoms with E-state index in [9.17, 15) is 9.90 Å². The van der Waals surface area contributed by atoms with Crippen LogP contribution in [-0.2, 0) is 0 Å². The first kappa shape index (κ1) is 14.9. The van der Waals surface area contributed by atoms with Crippen molar-refractivity contribution < 1.29 is 14.3 Å². The molecule has 2 aromatic heterocycles. The molecule has 0 fully saturated rings. The van der Waals surface area contributed by atoms with Gasteiger partial charge in [-0.1, -0.05) is 0 Å². The number of rotatable bonds is 5. The van der Waals surface area contributed by atoms with E-state index in [1.165, 1.54) is 6.26 Å². The van der Waals surface area contributed by atoms with Crippen molar-refractivity contribution in [2.45, 2.75) is 6.10 Å². The predicted octanol–water partition coefficient (Wildman–Crippen LogP) is 1.60. The van der Waals surface area contributed by atoms with E-state index in [0.717, 1.165) is 5.82 Å². The number of nitrogens with zero attached hydrogens (tertiary/aromatic N) is 2. The number of amides is 2. The Morgan fingerprint density at radius 2 is 2.24 bits per heavy atom. The quantitative estimate of drug-likeness (QED) is 0.778. The molecule has 2 heterocycles. The van der Waals surface area contributed by atoms with E-state index in [4.69, 9.17) is 4.42 Å². The first-order chi connectivity index (χ1) is 10.1. The van der Waals surface area contributed by atoms with E-state index in [0.29, 0.717) is 11.4 Å². The molecular weight excluding hydrogens is 272 g/mol. The highest BCUT2D eigenvalue weighted by Gasteiger charge is 2.11. The molecule has 7 nitrogen and oxygen atoms in total. The Kier molecular flexibility index (Phi) is 4.78.